The molecule has 1 aliphatic heterocycles. The number of aryl methyl sites for hydroxylation is 1. The molecule has 4 rings (SSSR count). The van der Waals surface area contributed by atoms with E-state index in [1.165, 1.54) is 0 Å². The van der Waals surface area contributed by atoms with Crippen molar-refractivity contribution in [2.45, 2.75) is 31.8 Å². The van der Waals surface area contributed by atoms with Gasteiger partial charge < -0.3 is 14.6 Å². The minimum absolute atomic E-state index is 0.00237. The molecule has 1 saturated heterocycles. The van der Waals surface area contributed by atoms with E-state index in [1.807, 2.05) is 54.2 Å². The summed E-state index contributed by atoms with van der Waals surface area (Å²) in [4.78, 5) is 23.8. The average molecular weight is 391 g/mol. The van der Waals surface area contributed by atoms with Crippen LogP contribution in [0, 0.1) is 0 Å². The number of pyridine rings is 1. The van der Waals surface area contributed by atoms with Crippen molar-refractivity contribution < 1.29 is 9.53 Å². The summed E-state index contributed by atoms with van der Waals surface area (Å²) >= 11 is 0. The summed E-state index contributed by atoms with van der Waals surface area (Å²) in [6, 6.07) is 12.9. The molecule has 0 unspecified atom stereocenters. The van der Waals surface area contributed by atoms with Crippen molar-refractivity contribution in [1.29, 1.82) is 0 Å². The van der Waals surface area contributed by atoms with Gasteiger partial charge in [0.05, 0.1) is 24.5 Å². The van der Waals surface area contributed by atoms with Crippen LogP contribution in [0.3, 0.4) is 0 Å². The molecular formula is C22H25N5O2. The third-order valence-corrected chi connectivity index (χ3v) is 5.15. The van der Waals surface area contributed by atoms with E-state index in [2.05, 4.69) is 20.2 Å². The molecule has 0 bridgehead atoms. The Morgan fingerprint density at radius 1 is 1.17 bits per heavy atom. The SMILES string of the molecule is Cn1ccnc1CN1CCCC[C@H]1C(=O)Nc1ccc(Oc2ccccc2)nc1. The topological polar surface area (TPSA) is 72.3 Å². The van der Waals surface area contributed by atoms with Crippen molar-refractivity contribution >= 4 is 11.6 Å². The molecule has 2 aromatic heterocycles. The maximum Gasteiger partial charge on any atom is 0.241 e. The Kier molecular flexibility index (Phi) is 5.86. The smallest absolute Gasteiger partial charge is 0.241 e. The first-order valence-corrected chi connectivity index (χ1v) is 9.89. The number of para-hydroxylation sites is 1. The summed E-state index contributed by atoms with van der Waals surface area (Å²) in [5.41, 5.74) is 0.665. The van der Waals surface area contributed by atoms with Crippen LogP contribution in [0.4, 0.5) is 5.69 Å². The lowest BCUT2D eigenvalue weighted by atomic mass is 10.0. The Hall–Kier alpha value is -3.19. The molecule has 3 heterocycles. The summed E-state index contributed by atoms with van der Waals surface area (Å²) in [6.07, 6.45) is 8.34. The normalized spacial score (nSPS) is 17.1. The number of nitrogens with zero attached hydrogens (tertiary/aromatic N) is 4. The largest absolute Gasteiger partial charge is 0.439 e. The van der Waals surface area contributed by atoms with Gasteiger partial charge in [0.1, 0.15) is 11.6 Å². The molecular weight excluding hydrogens is 366 g/mol. The minimum atomic E-state index is -0.166. The summed E-state index contributed by atoms with van der Waals surface area (Å²) in [6.45, 7) is 1.57. The first-order valence-electron chi connectivity index (χ1n) is 9.89. The van der Waals surface area contributed by atoms with Crippen LogP contribution in [0.2, 0.25) is 0 Å². The number of carbonyl (C=O) groups is 1. The van der Waals surface area contributed by atoms with Crippen LogP contribution in [0.25, 0.3) is 0 Å². The van der Waals surface area contributed by atoms with Gasteiger partial charge in [-0.2, -0.15) is 0 Å². The molecule has 7 nitrogen and oxygen atoms in total. The van der Waals surface area contributed by atoms with Crippen LogP contribution in [0.15, 0.2) is 61.1 Å². The summed E-state index contributed by atoms with van der Waals surface area (Å²) in [5, 5.41) is 3.00. The first-order chi connectivity index (χ1) is 14.2. The molecule has 7 heteroatoms. The van der Waals surface area contributed by atoms with Crippen LogP contribution in [0.5, 0.6) is 11.6 Å². The predicted molar refractivity (Wildman–Crippen MR) is 111 cm³/mol. The highest BCUT2D eigenvalue weighted by molar-refractivity contribution is 5.94. The van der Waals surface area contributed by atoms with Gasteiger partial charge in [0.2, 0.25) is 11.8 Å². The predicted octanol–water partition coefficient (Wildman–Crippen LogP) is 3.60. The number of anilines is 1. The van der Waals surface area contributed by atoms with E-state index in [0.29, 0.717) is 18.1 Å². The minimum Gasteiger partial charge on any atom is -0.439 e. The zero-order valence-corrected chi connectivity index (χ0v) is 16.5. The van der Waals surface area contributed by atoms with Crippen LogP contribution in [-0.4, -0.2) is 37.9 Å². The highest BCUT2D eigenvalue weighted by atomic mass is 16.5. The third-order valence-electron chi connectivity index (χ3n) is 5.15. The number of rotatable bonds is 6. The Balaban J connectivity index is 1.38. The second-order valence-corrected chi connectivity index (χ2v) is 7.23. The molecule has 0 radical (unpaired) electrons. The highest BCUT2D eigenvalue weighted by Gasteiger charge is 2.29. The number of benzene rings is 1. The van der Waals surface area contributed by atoms with Crippen molar-refractivity contribution in [3.05, 3.63) is 66.9 Å². The molecule has 1 aromatic carbocycles. The number of ether oxygens (including phenoxy) is 1. The number of nitrogens with one attached hydrogen (secondary N) is 1. The summed E-state index contributed by atoms with van der Waals surface area (Å²) < 4.78 is 7.70. The number of amides is 1. The van der Waals surface area contributed by atoms with Gasteiger partial charge in [-0.3, -0.25) is 9.69 Å². The fourth-order valence-corrected chi connectivity index (χ4v) is 3.56. The molecule has 1 fully saturated rings. The molecule has 150 valence electrons. The van der Waals surface area contributed by atoms with Crippen LogP contribution in [-0.2, 0) is 18.4 Å². The number of carbonyl (C=O) groups excluding carboxylic acids is 1. The maximum atomic E-state index is 12.9. The molecule has 0 aliphatic carbocycles. The monoisotopic (exact) mass is 391 g/mol. The van der Waals surface area contributed by atoms with E-state index >= 15 is 0 Å². The van der Waals surface area contributed by atoms with Crippen LogP contribution in [0.1, 0.15) is 25.1 Å². The maximum absolute atomic E-state index is 12.9. The summed E-state index contributed by atoms with van der Waals surface area (Å²) in [5.74, 6) is 2.18. The average Bonchev–Trinajstić information content (AvgIpc) is 3.15. The van der Waals surface area contributed by atoms with Crippen molar-refractivity contribution in [3.8, 4) is 11.6 Å². The van der Waals surface area contributed by atoms with Gasteiger partial charge in [0.15, 0.2) is 0 Å². The fraction of sp³-hybridized carbons (Fsp3) is 0.318. The molecule has 0 spiro atoms. The number of piperidine rings is 1. The van der Waals surface area contributed by atoms with Crippen LogP contribution >= 0.6 is 0 Å². The molecule has 1 aliphatic rings. The number of hydrogen-bond acceptors (Lipinski definition) is 5. The van der Waals surface area contributed by atoms with Gasteiger partial charge in [-0.1, -0.05) is 24.6 Å². The number of hydrogen-bond donors (Lipinski definition) is 1. The van der Waals surface area contributed by atoms with Crippen molar-refractivity contribution in [3.63, 3.8) is 0 Å². The van der Waals surface area contributed by atoms with Gasteiger partial charge in [0.25, 0.3) is 0 Å². The lowest BCUT2D eigenvalue weighted by molar-refractivity contribution is -0.122. The second-order valence-electron chi connectivity index (χ2n) is 7.23. The number of imidazole rings is 1. The molecule has 29 heavy (non-hydrogen) atoms. The van der Waals surface area contributed by atoms with Gasteiger partial charge in [-0.15, -0.1) is 0 Å². The Bertz CT molecular complexity index is 939. The highest BCUT2D eigenvalue weighted by Crippen LogP contribution is 2.22. The zero-order chi connectivity index (χ0) is 20.1. The summed E-state index contributed by atoms with van der Waals surface area (Å²) in [7, 11) is 1.98. The van der Waals surface area contributed by atoms with Gasteiger partial charge >= 0.3 is 0 Å². The lowest BCUT2D eigenvalue weighted by Gasteiger charge is -2.34. The van der Waals surface area contributed by atoms with E-state index < -0.39 is 0 Å². The second kappa shape index (κ2) is 8.87. The van der Waals surface area contributed by atoms with Crippen molar-refractivity contribution in [2.24, 2.45) is 7.05 Å². The quantitative estimate of drug-likeness (QED) is 0.695. The van der Waals surface area contributed by atoms with Gasteiger partial charge in [0, 0.05) is 25.5 Å². The Morgan fingerprint density at radius 3 is 2.76 bits per heavy atom. The molecule has 1 N–H and O–H groups in total. The van der Waals surface area contributed by atoms with E-state index in [1.54, 1.807) is 18.5 Å². The number of likely N-dealkylation sites (tertiary alicyclic amines) is 1. The zero-order valence-electron chi connectivity index (χ0n) is 16.5. The lowest BCUT2D eigenvalue weighted by Crippen LogP contribution is -2.46. The Morgan fingerprint density at radius 2 is 2.03 bits per heavy atom. The van der Waals surface area contributed by atoms with E-state index in [4.69, 9.17) is 4.74 Å². The molecule has 1 atom stereocenters. The van der Waals surface area contributed by atoms with Gasteiger partial charge in [-0.05, 0) is 37.6 Å². The van der Waals surface area contributed by atoms with Crippen molar-refractivity contribution in [1.82, 2.24) is 19.4 Å². The Labute approximate surface area is 170 Å². The molecule has 0 saturated carbocycles. The third kappa shape index (κ3) is 4.81. The molecule has 1 amide bonds. The van der Waals surface area contributed by atoms with Crippen LogP contribution < -0.4 is 10.1 Å². The van der Waals surface area contributed by atoms with E-state index in [-0.39, 0.29) is 11.9 Å². The molecule has 3 aromatic rings. The fourth-order valence-electron chi connectivity index (χ4n) is 3.56. The standard InChI is InChI=1S/C22H25N5O2/c1-26-14-12-23-20(26)16-27-13-6-5-9-19(27)22(28)25-17-10-11-21(24-15-17)29-18-7-3-2-4-8-18/h2-4,7-8,10-12,14-15,19H,5-6,9,13,16H2,1H3,(H,25,28)/t19-/m0/s1. The first kappa shape index (κ1) is 19.1. The van der Waals surface area contributed by atoms with E-state index in [0.717, 1.165) is 37.4 Å². The van der Waals surface area contributed by atoms with Gasteiger partial charge in [-0.25, -0.2) is 9.97 Å². The van der Waals surface area contributed by atoms with Crippen molar-refractivity contribution in [2.75, 3.05) is 11.9 Å². The van der Waals surface area contributed by atoms with E-state index in [9.17, 15) is 4.79 Å². The number of aromatic nitrogens is 3.